The van der Waals surface area contributed by atoms with Crippen LogP contribution in [0, 0.1) is 11.6 Å². The summed E-state index contributed by atoms with van der Waals surface area (Å²) in [5.41, 5.74) is 3.37. The minimum absolute atomic E-state index is 0.0239. The fourth-order valence-electron chi connectivity index (χ4n) is 4.09. The Labute approximate surface area is 161 Å². The summed E-state index contributed by atoms with van der Waals surface area (Å²) in [5, 5.41) is 13.9. The lowest BCUT2D eigenvalue weighted by Crippen LogP contribution is -2.69. The third-order valence-corrected chi connectivity index (χ3v) is 5.78. The molecule has 1 aromatic rings. The van der Waals surface area contributed by atoms with E-state index in [1.54, 1.807) is 6.92 Å². The highest BCUT2D eigenvalue weighted by atomic mass is 19.2. The number of hydrogen-bond acceptors (Lipinski definition) is 5. The average Bonchev–Trinajstić information content (AvgIpc) is 2.63. The van der Waals surface area contributed by atoms with Gasteiger partial charge in [0, 0.05) is 25.3 Å². The standard InChI is InChI=1S/C19H25F2N3O4/c1-18(23-16(26)12-2-3-13(20)14(21)10-12)6-9-28-19(17(18)27)4-7-24(8-5-19)11-15(22)25/h2-3,10,17,27H,4-9,11H2,1H3,(H2,22,25)(H,23,26)/t17-,18+/m1/s1. The molecule has 154 valence electrons. The summed E-state index contributed by atoms with van der Waals surface area (Å²) in [6, 6.07) is 2.92. The summed E-state index contributed by atoms with van der Waals surface area (Å²) in [7, 11) is 0. The van der Waals surface area contributed by atoms with E-state index in [1.165, 1.54) is 6.07 Å². The number of carbonyl (C=O) groups is 2. The van der Waals surface area contributed by atoms with Crippen LogP contribution < -0.4 is 11.1 Å². The Morgan fingerprint density at radius 2 is 1.96 bits per heavy atom. The number of nitrogens with two attached hydrogens (primary N) is 1. The van der Waals surface area contributed by atoms with Gasteiger partial charge < -0.3 is 20.9 Å². The van der Waals surface area contributed by atoms with Gasteiger partial charge in [-0.25, -0.2) is 8.78 Å². The first-order valence-corrected chi connectivity index (χ1v) is 9.25. The van der Waals surface area contributed by atoms with Crippen LogP contribution in [0.15, 0.2) is 18.2 Å². The van der Waals surface area contributed by atoms with Crippen molar-refractivity contribution < 1.29 is 28.2 Å². The van der Waals surface area contributed by atoms with Gasteiger partial charge in [-0.05, 0) is 44.4 Å². The van der Waals surface area contributed by atoms with Crippen LogP contribution in [0.3, 0.4) is 0 Å². The third kappa shape index (κ3) is 4.01. The van der Waals surface area contributed by atoms with Gasteiger partial charge in [-0.2, -0.15) is 0 Å². The maximum absolute atomic E-state index is 13.4. The predicted octanol–water partition coefficient (Wildman–Crippen LogP) is 0.554. The van der Waals surface area contributed by atoms with Gasteiger partial charge in [-0.3, -0.25) is 14.5 Å². The molecule has 0 saturated carbocycles. The number of primary amides is 1. The highest BCUT2D eigenvalue weighted by molar-refractivity contribution is 5.94. The van der Waals surface area contributed by atoms with Crippen molar-refractivity contribution in [3.05, 3.63) is 35.4 Å². The molecule has 7 nitrogen and oxygen atoms in total. The van der Waals surface area contributed by atoms with Gasteiger partial charge >= 0.3 is 0 Å². The van der Waals surface area contributed by atoms with Gasteiger partial charge in [0.25, 0.3) is 5.91 Å². The second kappa shape index (κ2) is 7.73. The quantitative estimate of drug-likeness (QED) is 0.689. The van der Waals surface area contributed by atoms with Crippen molar-refractivity contribution in [3.8, 4) is 0 Å². The van der Waals surface area contributed by atoms with Crippen LogP contribution in [-0.4, -0.2) is 65.3 Å². The molecule has 0 aromatic heterocycles. The van der Waals surface area contributed by atoms with Crippen molar-refractivity contribution in [1.82, 2.24) is 10.2 Å². The molecule has 3 rings (SSSR count). The first-order chi connectivity index (χ1) is 13.2. The highest BCUT2D eigenvalue weighted by Gasteiger charge is 2.53. The molecule has 2 heterocycles. The molecule has 9 heteroatoms. The van der Waals surface area contributed by atoms with Gasteiger partial charge in [0.05, 0.1) is 17.7 Å². The Morgan fingerprint density at radius 1 is 1.29 bits per heavy atom. The molecule has 0 aliphatic carbocycles. The zero-order chi connectivity index (χ0) is 20.5. The number of amides is 2. The van der Waals surface area contributed by atoms with Crippen molar-refractivity contribution in [2.24, 2.45) is 5.73 Å². The number of aliphatic hydroxyl groups excluding tert-OH is 1. The minimum atomic E-state index is -1.11. The normalized spacial score (nSPS) is 27.5. The van der Waals surface area contributed by atoms with E-state index in [0.29, 0.717) is 39.0 Å². The number of ether oxygens (including phenoxy) is 1. The molecule has 2 amide bonds. The number of hydrogen-bond donors (Lipinski definition) is 3. The molecular formula is C19H25F2N3O4. The molecule has 2 aliphatic rings. The number of halogens is 2. The summed E-state index contributed by atoms with van der Waals surface area (Å²) in [4.78, 5) is 25.6. The fourth-order valence-corrected chi connectivity index (χ4v) is 4.09. The second-order valence-corrected chi connectivity index (χ2v) is 7.81. The number of carbonyl (C=O) groups excluding carboxylic acids is 2. The monoisotopic (exact) mass is 397 g/mol. The Balaban J connectivity index is 1.72. The van der Waals surface area contributed by atoms with E-state index >= 15 is 0 Å². The van der Waals surface area contributed by atoms with Crippen LogP contribution in [0.2, 0.25) is 0 Å². The zero-order valence-corrected chi connectivity index (χ0v) is 15.7. The van der Waals surface area contributed by atoms with E-state index in [2.05, 4.69) is 5.32 Å². The van der Waals surface area contributed by atoms with Crippen LogP contribution in [-0.2, 0) is 9.53 Å². The molecule has 1 spiro atoms. The molecule has 2 atom stereocenters. The topological polar surface area (TPSA) is 105 Å². The summed E-state index contributed by atoms with van der Waals surface area (Å²) >= 11 is 0. The molecule has 1 aromatic carbocycles. The van der Waals surface area contributed by atoms with Crippen molar-refractivity contribution in [3.63, 3.8) is 0 Å². The number of nitrogens with one attached hydrogen (secondary N) is 1. The third-order valence-electron chi connectivity index (χ3n) is 5.78. The Morgan fingerprint density at radius 3 is 2.57 bits per heavy atom. The number of nitrogens with zero attached hydrogens (tertiary/aromatic N) is 1. The van der Waals surface area contributed by atoms with Crippen LogP contribution in [0.1, 0.15) is 36.5 Å². The van der Waals surface area contributed by atoms with Crippen LogP contribution in [0.4, 0.5) is 8.78 Å². The van der Waals surface area contributed by atoms with Crippen molar-refractivity contribution >= 4 is 11.8 Å². The number of piperidine rings is 1. The van der Waals surface area contributed by atoms with E-state index in [0.717, 1.165) is 12.1 Å². The van der Waals surface area contributed by atoms with Gasteiger partial charge in [0.2, 0.25) is 5.91 Å². The molecule has 2 fully saturated rings. The predicted molar refractivity (Wildman–Crippen MR) is 96.4 cm³/mol. The number of aliphatic hydroxyl groups is 1. The van der Waals surface area contributed by atoms with Crippen LogP contribution in [0.25, 0.3) is 0 Å². The summed E-state index contributed by atoms with van der Waals surface area (Å²) in [5.74, 6) is -3.15. The lowest BCUT2D eigenvalue weighted by Gasteiger charge is -2.53. The average molecular weight is 397 g/mol. The zero-order valence-electron chi connectivity index (χ0n) is 15.7. The maximum Gasteiger partial charge on any atom is 0.251 e. The van der Waals surface area contributed by atoms with Gasteiger partial charge in [-0.15, -0.1) is 0 Å². The molecular weight excluding hydrogens is 372 g/mol. The Bertz CT molecular complexity index is 768. The smallest absolute Gasteiger partial charge is 0.251 e. The fraction of sp³-hybridized carbons (Fsp3) is 0.579. The van der Waals surface area contributed by atoms with E-state index in [4.69, 9.17) is 10.5 Å². The minimum Gasteiger partial charge on any atom is -0.388 e. The number of rotatable bonds is 4. The van der Waals surface area contributed by atoms with Gasteiger partial charge in [-0.1, -0.05) is 0 Å². The van der Waals surface area contributed by atoms with Crippen LogP contribution in [0.5, 0.6) is 0 Å². The first-order valence-electron chi connectivity index (χ1n) is 9.25. The highest BCUT2D eigenvalue weighted by Crippen LogP contribution is 2.40. The Hall–Kier alpha value is -2.10. The molecule has 0 bridgehead atoms. The van der Waals surface area contributed by atoms with E-state index in [9.17, 15) is 23.5 Å². The van der Waals surface area contributed by atoms with Crippen LogP contribution >= 0.6 is 0 Å². The maximum atomic E-state index is 13.4. The Kier molecular flexibility index (Phi) is 5.69. The number of benzene rings is 1. The molecule has 4 N–H and O–H groups in total. The molecule has 0 radical (unpaired) electrons. The molecule has 0 unspecified atom stereocenters. The van der Waals surface area contributed by atoms with E-state index in [1.807, 2.05) is 4.90 Å². The first kappa shape index (κ1) is 20.6. The van der Waals surface area contributed by atoms with Gasteiger partial charge in [0.1, 0.15) is 6.10 Å². The molecule has 28 heavy (non-hydrogen) atoms. The van der Waals surface area contributed by atoms with Crippen molar-refractivity contribution in [2.75, 3.05) is 26.2 Å². The lowest BCUT2D eigenvalue weighted by molar-refractivity contribution is -0.205. The number of likely N-dealkylation sites (tertiary alicyclic amines) is 1. The SMILES string of the molecule is C[C@]1(NC(=O)c2ccc(F)c(F)c2)CCOC2(CCN(CC(N)=O)CC2)[C@@H]1O. The second-order valence-electron chi connectivity index (χ2n) is 7.81. The van der Waals surface area contributed by atoms with Gasteiger partial charge in [0.15, 0.2) is 11.6 Å². The summed E-state index contributed by atoms with van der Waals surface area (Å²) < 4.78 is 32.5. The lowest BCUT2D eigenvalue weighted by atomic mass is 9.73. The van der Waals surface area contributed by atoms with E-state index in [-0.39, 0.29) is 12.1 Å². The molecule has 2 aliphatic heterocycles. The summed E-state index contributed by atoms with van der Waals surface area (Å²) in [6.45, 7) is 3.27. The van der Waals surface area contributed by atoms with Crippen molar-refractivity contribution in [1.29, 1.82) is 0 Å². The summed E-state index contributed by atoms with van der Waals surface area (Å²) in [6.07, 6.45) is 0.339. The molecule has 2 saturated heterocycles. The largest absolute Gasteiger partial charge is 0.388 e. The van der Waals surface area contributed by atoms with Crippen molar-refractivity contribution in [2.45, 2.75) is 43.4 Å². The van der Waals surface area contributed by atoms with E-state index < -0.39 is 40.7 Å².